The van der Waals surface area contributed by atoms with Gasteiger partial charge in [-0.25, -0.2) is 0 Å². The molecule has 0 saturated carbocycles. The first-order valence-corrected chi connectivity index (χ1v) is 8.39. The van der Waals surface area contributed by atoms with Crippen molar-refractivity contribution in [3.63, 3.8) is 0 Å². The molecule has 0 fully saturated rings. The van der Waals surface area contributed by atoms with Gasteiger partial charge in [0.15, 0.2) is 0 Å². The van der Waals surface area contributed by atoms with Gasteiger partial charge in [0.1, 0.15) is 11.1 Å². The maximum Gasteiger partial charge on any atom is 0.266 e. The van der Waals surface area contributed by atoms with Crippen molar-refractivity contribution in [2.45, 2.75) is 0 Å². The number of hydrogen-bond acceptors (Lipinski definition) is 4. The average molecular weight is 345 g/mol. The van der Waals surface area contributed by atoms with Crippen LogP contribution >= 0.6 is 34.3 Å². The van der Waals surface area contributed by atoms with Gasteiger partial charge in [-0.05, 0) is 41.3 Å². The van der Waals surface area contributed by atoms with Crippen LogP contribution in [0.4, 0.5) is 5.00 Å². The zero-order valence-electron chi connectivity index (χ0n) is 11.2. The number of amides is 1. The van der Waals surface area contributed by atoms with Crippen molar-refractivity contribution >= 4 is 45.2 Å². The Labute approximate surface area is 140 Å². The molecular weight excluding hydrogens is 336 g/mol. The van der Waals surface area contributed by atoms with Crippen molar-refractivity contribution in [3.05, 3.63) is 63.3 Å². The highest BCUT2D eigenvalue weighted by Gasteiger charge is 2.13. The quantitative estimate of drug-likeness (QED) is 0.705. The third-order valence-electron chi connectivity index (χ3n) is 2.97. The fourth-order valence-corrected chi connectivity index (χ4v) is 3.65. The molecule has 3 aromatic rings. The molecule has 6 heteroatoms. The molecule has 0 aliphatic rings. The van der Waals surface area contributed by atoms with Crippen molar-refractivity contribution in [1.29, 1.82) is 5.26 Å². The zero-order valence-corrected chi connectivity index (χ0v) is 13.6. The Morgan fingerprint density at radius 3 is 2.64 bits per heavy atom. The first-order valence-electron chi connectivity index (χ1n) is 6.32. The third-order valence-corrected chi connectivity index (χ3v) is 5.19. The minimum absolute atomic E-state index is 0.204. The molecule has 0 atom stereocenters. The molecule has 1 N–H and O–H groups in total. The number of hydrogen-bond donors (Lipinski definition) is 1. The van der Waals surface area contributed by atoms with Gasteiger partial charge in [-0.15, -0.1) is 22.7 Å². The number of carbonyl (C=O) groups excluding carboxylic acids is 1. The van der Waals surface area contributed by atoms with Crippen molar-refractivity contribution in [2.75, 3.05) is 5.32 Å². The second-order valence-corrected chi connectivity index (χ2v) is 6.84. The van der Waals surface area contributed by atoms with Crippen molar-refractivity contribution < 1.29 is 4.79 Å². The smallest absolute Gasteiger partial charge is 0.266 e. The van der Waals surface area contributed by atoms with Gasteiger partial charge < -0.3 is 5.32 Å². The Hall–Kier alpha value is -2.13. The molecule has 3 nitrogen and oxygen atoms in total. The standard InChI is InChI=1S/C16H9ClN2OS2/c17-12-3-1-10(2-4-12)13-5-6-14(22-13)15(20)19-16-11(9-18)7-8-21-16/h1-8H,(H,19,20). The summed E-state index contributed by atoms with van der Waals surface area (Å²) in [7, 11) is 0. The summed E-state index contributed by atoms with van der Waals surface area (Å²) in [5, 5.41) is 14.8. The van der Waals surface area contributed by atoms with Gasteiger partial charge in [0.25, 0.3) is 5.91 Å². The summed E-state index contributed by atoms with van der Waals surface area (Å²) in [4.78, 5) is 13.8. The molecule has 1 amide bonds. The van der Waals surface area contributed by atoms with Crippen LogP contribution in [0.5, 0.6) is 0 Å². The highest BCUT2D eigenvalue weighted by molar-refractivity contribution is 7.18. The van der Waals surface area contributed by atoms with Crippen LogP contribution in [0.25, 0.3) is 10.4 Å². The lowest BCUT2D eigenvalue weighted by Gasteiger charge is -2.00. The minimum Gasteiger partial charge on any atom is -0.312 e. The topological polar surface area (TPSA) is 52.9 Å². The van der Waals surface area contributed by atoms with Gasteiger partial charge in [0.05, 0.1) is 10.4 Å². The Morgan fingerprint density at radius 2 is 1.91 bits per heavy atom. The molecule has 0 aliphatic heterocycles. The maximum atomic E-state index is 12.3. The predicted molar refractivity (Wildman–Crippen MR) is 91.8 cm³/mol. The number of carbonyl (C=O) groups is 1. The number of anilines is 1. The highest BCUT2D eigenvalue weighted by Crippen LogP contribution is 2.30. The van der Waals surface area contributed by atoms with E-state index in [4.69, 9.17) is 16.9 Å². The first-order chi connectivity index (χ1) is 10.7. The van der Waals surface area contributed by atoms with Crippen LogP contribution in [0.2, 0.25) is 5.02 Å². The molecule has 3 rings (SSSR count). The van der Waals surface area contributed by atoms with Gasteiger partial charge in [-0.2, -0.15) is 5.26 Å². The number of thiophene rings is 2. The van der Waals surface area contributed by atoms with E-state index in [-0.39, 0.29) is 5.91 Å². The summed E-state index contributed by atoms with van der Waals surface area (Å²) in [5.41, 5.74) is 1.50. The van der Waals surface area contributed by atoms with Crippen LogP contribution in [0.1, 0.15) is 15.2 Å². The van der Waals surface area contributed by atoms with Crippen molar-refractivity contribution in [1.82, 2.24) is 0 Å². The van der Waals surface area contributed by atoms with E-state index in [0.29, 0.717) is 20.5 Å². The number of rotatable bonds is 3. The van der Waals surface area contributed by atoms with Crippen molar-refractivity contribution in [3.8, 4) is 16.5 Å². The fraction of sp³-hybridized carbons (Fsp3) is 0. The van der Waals surface area contributed by atoms with Gasteiger partial charge >= 0.3 is 0 Å². The van der Waals surface area contributed by atoms with Gasteiger partial charge in [0.2, 0.25) is 0 Å². The van der Waals surface area contributed by atoms with Gasteiger partial charge in [-0.1, -0.05) is 23.7 Å². The largest absolute Gasteiger partial charge is 0.312 e. The van der Waals surface area contributed by atoms with Crippen LogP contribution in [0.3, 0.4) is 0 Å². The van der Waals surface area contributed by atoms with E-state index in [9.17, 15) is 4.79 Å². The SMILES string of the molecule is N#Cc1ccsc1NC(=O)c1ccc(-c2ccc(Cl)cc2)s1. The molecule has 0 bridgehead atoms. The van der Waals surface area contributed by atoms with E-state index >= 15 is 0 Å². The predicted octanol–water partition coefficient (Wildman–Crippen LogP) is 5.25. The molecular formula is C16H9ClN2OS2. The molecule has 108 valence electrons. The fourth-order valence-electron chi connectivity index (χ4n) is 1.89. The summed E-state index contributed by atoms with van der Waals surface area (Å²) in [6.07, 6.45) is 0. The van der Waals surface area contributed by atoms with Gasteiger partial charge in [-0.3, -0.25) is 4.79 Å². The lowest BCUT2D eigenvalue weighted by molar-refractivity contribution is 0.103. The van der Waals surface area contributed by atoms with Crippen LogP contribution in [0.15, 0.2) is 47.8 Å². The molecule has 0 spiro atoms. The lowest BCUT2D eigenvalue weighted by Crippen LogP contribution is -2.09. The van der Waals surface area contributed by atoms with Crippen LogP contribution in [-0.2, 0) is 0 Å². The van der Waals surface area contributed by atoms with E-state index < -0.39 is 0 Å². The Morgan fingerprint density at radius 1 is 1.14 bits per heavy atom. The number of halogens is 1. The summed E-state index contributed by atoms with van der Waals surface area (Å²) in [6, 6.07) is 14.9. The monoisotopic (exact) mass is 344 g/mol. The first kappa shape index (κ1) is 14.8. The molecule has 2 heterocycles. The second-order valence-electron chi connectivity index (χ2n) is 4.40. The number of nitriles is 1. The summed E-state index contributed by atoms with van der Waals surface area (Å²) in [5.74, 6) is -0.204. The lowest BCUT2D eigenvalue weighted by atomic mass is 10.2. The molecule has 0 saturated heterocycles. The van der Waals surface area contributed by atoms with Crippen LogP contribution < -0.4 is 5.32 Å². The normalized spacial score (nSPS) is 10.2. The zero-order chi connectivity index (χ0) is 15.5. The molecule has 22 heavy (non-hydrogen) atoms. The average Bonchev–Trinajstić information content (AvgIpc) is 3.16. The molecule has 2 aromatic heterocycles. The van der Waals surface area contributed by atoms with E-state index in [1.165, 1.54) is 22.7 Å². The third kappa shape index (κ3) is 3.04. The molecule has 0 radical (unpaired) electrons. The maximum absolute atomic E-state index is 12.3. The Balaban J connectivity index is 1.80. The molecule has 0 unspecified atom stereocenters. The Bertz CT molecular complexity index is 859. The number of nitrogens with one attached hydrogen (secondary N) is 1. The highest BCUT2D eigenvalue weighted by atomic mass is 35.5. The van der Waals surface area contributed by atoms with Crippen LogP contribution in [-0.4, -0.2) is 5.91 Å². The van der Waals surface area contributed by atoms with Crippen molar-refractivity contribution in [2.24, 2.45) is 0 Å². The summed E-state index contributed by atoms with van der Waals surface area (Å²) < 4.78 is 0. The van der Waals surface area contributed by atoms with Gasteiger partial charge in [0, 0.05) is 9.90 Å². The Kier molecular flexibility index (Phi) is 4.25. The van der Waals surface area contributed by atoms with E-state index in [1.54, 1.807) is 17.5 Å². The second kappa shape index (κ2) is 6.32. The minimum atomic E-state index is -0.204. The number of benzene rings is 1. The van der Waals surface area contributed by atoms with E-state index in [2.05, 4.69) is 11.4 Å². The van der Waals surface area contributed by atoms with Crippen LogP contribution in [0, 0.1) is 11.3 Å². The molecule has 0 aliphatic carbocycles. The van der Waals surface area contributed by atoms with E-state index in [0.717, 1.165) is 10.4 Å². The van der Waals surface area contributed by atoms with E-state index in [1.807, 2.05) is 30.3 Å². The summed E-state index contributed by atoms with van der Waals surface area (Å²) >= 11 is 8.62. The molecule has 1 aromatic carbocycles. The summed E-state index contributed by atoms with van der Waals surface area (Å²) in [6.45, 7) is 0. The number of nitrogens with zero attached hydrogens (tertiary/aromatic N) is 1.